The molecule has 6 nitrogen and oxygen atoms in total. The normalized spacial score (nSPS) is 28.3. The van der Waals surface area contributed by atoms with Crippen LogP contribution < -0.4 is 5.32 Å². The van der Waals surface area contributed by atoms with Crippen molar-refractivity contribution in [2.24, 2.45) is 5.92 Å². The number of nitrogens with zero attached hydrogens (tertiary/aromatic N) is 3. The minimum Gasteiger partial charge on any atom is -0.390 e. The number of amides is 2. The SMILES string of the molecule is CC1CCCCC1NC(=O)N(C)CC(O)CN1CCN(C)CC1. The molecule has 3 unspecified atom stereocenters. The summed E-state index contributed by atoms with van der Waals surface area (Å²) < 4.78 is 0. The third-order valence-corrected chi connectivity index (χ3v) is 5.32. The van der Waals surface area contributed by atoms with Crippen LogP contribution in [0.1, 0.15) is 32.6 Å². The third-order valence-electron chi connectivity index (χ3n) is 5.32. The number of hydrogen-bond donors (Lipinski definition) is 2. The van der Waals surface area contributed by atoms with Crippen molar-refractivity contribution in [3.8, 4) is 0 Å². The van der Waals surface area contributed by atoms with Crippen molar-refractivity contribution in [1.29, 1.82) is 0 Å². The molecule has 23 heavy (non-hydrogen) atoms. The van der Waals surface area contributed by atoms with E-state index in [0.717, 1.165) is 32.6 Å². The van der Waals surface area contributed by atoms with E-state index < -0.39 is 6.10 Å². The van der Waals surface area contributed by atoms with E-state index in [1.807, 2.05) is 0 Å². The summed E-state index contributed by atoms with van der Waals surface area (Å²) in [6.07, 6.45) is 4.25. The summed E-state index contributed by atoms with van der Waals surface area (Å²) in [5.74, 6) is 0.552. The molecule has 0 aromatic carbocycles. The lowest BCUT2D eigenvalue weighted by Gasteiger charge is -2.35. The second kappa shape index (κ2) is 8.85. The van der Waals surface area contributed by atoms with Gasteiger partial charge in [-0.25, -0.2) is 4.79 Å². The summed E-state index contributed by atoms with van der Waals surface area (Å²) in [5, 5.41) is 13.4. The van der Waals surface area contributed by atoms with Crippen LogP contribution in [0.4, 0.5) is 4.79 Å². The fourth-order valence-corrected chi connectivity index (χ4v) is 3.58. The number of β-amino-alcohol motifs (C(OH)–C–C–N with tert-alkyl or cyclic N) is 1. The molecule has 2 fully saturated rings. The number of hydrogen-bond acceptors (Lipinski definition) is 4. The van der Waals surface area contributed by atoms with Gasteiger partial charge in [0.2, 0.25) is 0 Å². The molecule has 0 radical (unpaired) electrons. The number of piperazine rings is 1. The van der Waals surface area contributed by atoms with Crippen LogP contribution in [-0.2, 0) is 0 Å². The van der Waals surface area contributed by atoms with Gasteiger partial charge >= 0.3 is 6.03 Å². The molecule has 1 aliphatic heterocycles. The zero-order valence-electron chi connectivity index (χ0n) is 15.0. The lowest BCUT2D eigenvalue weighted by molar-refractivity contribution is 0.0651. The van der Waals surface area contributed by atoms with Crippen molar-refractivity contribution in [3.63, 3.8) is 0 Å². The van der Waals surface area contributed by atoms with E-state index in [1.165, 1.54) is 19.3 Å². The van der Waals surface area contributed by atoms with Crippen molar-refractivity contribution in [2.75, 3.05) is 53.4 Å². The van der Waals surface area contributed by atoms with Crippen LogP contribution in [0.3, 0.4) is 0 Å². The van der Waals surface area contributed by atoms with Gasteiger partial charge in [-0.1, -0.05) is 19.8 Å². The lowest BCUT2D eigenvalue weighted by Crippen LogP contribution is -2.51. The minimum absolute atomic E-state index is 0.0545. The highest BCUT2D eigenvalue weighted by atomic mass is 16.3. The average Bonchev–Trinajstić information content (AvgIpc) is 2.51. The van der Waals surface area contributed by atoms with Gasteiger partial charge in [-0.15, -0.1) is 0 Å². The fraction of sp³-hybridized carbons (Fsp3) is 0.941. The van der Waals surface area contributed by atoms with Gasteiger partial charge in [-0.3, -0.25) is 4.90 Å². The first-order valence-electron chi connectivity index (χ1n) is 9.06. The highest BCUT2D eigenvalue weighted by Crippen LogP contribution is 2.23. The van der Waals surface area contributed by atoms with Crippen LogP contribution in [-0.4, -0.2) is 91.3 Å². The molecular weight excluding hydrogens is 292 g/mol. The second-order valence-electron chi connectivity index (χ2n) is 7.46. The van der Waals surface area contributed by atoms with Gasteiger partial charge < -0.3 is 20.2 Å². The Kier molecular flexibility index (Phi) is 7.11. The average molecular weight is 326 g/mol. The first kappa shape index (κ1) is 18.5. The lowest BCUT2D eigenvalue weighted by atomic mass is 9.86. The predicted molar refractivity (Wildman–Crippen MR) is 92.5 cm³/mol. The van der Waals surface area contributed by atoms with Gasteiger partial charge in [0, 0.05) is 52.4 Å². The zero-order valence-corrected chi connectivity index (χ0v) is 15.0. The van der Waals surface area contributed by atoms with Gasteiger partial charge in [-0.2, -0.15) is 0 Å². The smallest absolute Gasteiger partial charge is 0.317 e. The number of nitrogens with one attached hydrogen (secondary N) is 1. The summed E-state index contributed by atoms with van der Waals surface area (Å²) >= 11 is 0. The second-order valence-corrected chi connectivity index (χ2v) is 7.46. The van der Waals surface area contributed by atoms with E-state index in [9.17, 15) is 9.90 Å². The molecular formula is C17H34N4O2. The Morgan fingerprint density at radius 1 is 1.26 bits per heavy atom. The van der Waals surface area contributed by atoms with Gasteiger partial charge in [0.15, 0.2) is 0 Å². The first-order chi connectivity index (χ1) is 11.0. The highest BCUT2D eigenvalue weighted by Gasteiger charge is 2.25. The summed E-state index contributed by atoms with van der Waals surface area (Å²) in [5.41, 5.74) is 0. The van der Waals surface area contributed by atoms with E-state index >= 15 is 0 Å². The molecule has 2 aliphatic rings. The van der Waals surface area contributed by atoms with Gasteiger partial charge in [-0.05, 0) is 25.8 Å². The number of aliphatic hydroxyl groups is 1. The molecule has 134 valence electrons. The van der Waals surface area contributed by atoms with Gasteiger partial charge in [0.1, 0.15) is 0 Å². The topological polar surface area (TPSA) is 59.1 Å². The molecule has 3 atom stereocenters. The summed E-state index contributed by atoms with van der Waals surface area (Å²) in [7, 11) is 3.90. The summed E-state index contributed by atoms with van der Waals surface area (Å²) in [4.78, 5) is 18.5. The number of carbonyl (C=O) groups excluding carboxylic acids is 1. The van der Waals surface area contributed by atoms with Crippen LogP contribution in [0.2, 0.25) is 0 Å². The Labute approximate surface area is 140 Å². The van der Waals surface area contributed by atoms with Gasteiger partial charge in [0.05, 0.1) is 6.10 Å². The summed E-state index contributed by atoms with van der Waals surface area (Å²) in [6, 6.07) is 0.231. The number of aliphatic hydroxyl groups excluding tert-OH is 1. The molecule has 1 aliphatic carbocycles. The maximum Gasteiger partial charge on any atom is 0.317 e. The van der Waals surface area contributed by atoms with E-state index in [-0.39, 0.29) is 12.1 Å². The largest absolute Gasteiger partial charge is 0.390 e. The Balaban J connectivity index is 1.69. The van der Waals surface area contributed by atoms with E-state index in [4.69, 9.17) is 0 Å². The predicted octanol–water partition coefficient (Wildman–Crippen LogP) is 0.815. The summed E-state index contributed by atoms with van der Waals surface area (Å²) in [6.45, 7) is 7.31. The minimum atomic E-state index is -0.488. The van der Waals surface area contributed by atoms with Crippen molar-refractivity contribution in [2.45, 2.75) is 44.8 Å². The van der Waals surface area contributed by atoms with Crippen molar-refractivity contribution >= 4 is 6.03 Å². The first-order valence-corrected chi connectivity index (χ1v) is 9.06. The van der Waals surface area contributed by atoms with Crippen molar-refractivity contribution in [3.05, 3.63) is 0 Å². The van der Waals surface area contributed by atoms with Crippen LogP contribution >= 0.6 is 0 Å². The van der Waals surface area contributed by atoms with E-state index in [2.05, 4.69) is 29.1 Å². The molecule has 6 heteroatoms. The monoisotopic (exact) mass is 326 g/mol. The van der Waals surface area contributed by atoms with Crippen LogP contribution in [0.15, 0.2) is 0 Å². The third kappa shape index (κ3) is 5.94. The fourth-order valence-electron chi connectivity index (χ4n) is 3.58. The molecule has 2 amide bonds. The molecule has 0 aromatic rings. The van der Waals surface area contributed by atoms with E-state index in [0.29, 0.717) is 19.0 Å². The molecule has 2 rings (SSSR count). The van der Waals surface area contributed by atoms with Crippen molar-refractivity contribution in [1.82, 2.24) is 20.0 Å². The number of rotatable bonds is 5. The van der Waals surface area contributed by atoms with Crippen LogP contribution in [0.25, 0.3) is 0 Å². The van der Waals surface area contributed by atoms with Crippen molar-refractivity contribution < 1.29 is 9.90 Å². The Hall–Kier alpha value is -0.850. The molecule has 0 aromatic heterocycles. The Morgan fingerprint density at radius 3 is 2.57 bits per heavy atom. The maximum absolute atomic E-state index is 12.3. The number of likely N-dealkylation sites (N-methyl/N-ethyl adjacent to an activating group) is 2. The molecule has 1 saturated carbocycles. The Morgan fingerprint density at radius 2 is 1.91 bits per heavy atom. The zero-order chi connectivity index (χ0) is 16.8. The molecule has 0 spiro atoms. The maximum atomic E-state index is 12.3. The van der Waals surface area contributed by atoms with Crippen LogP contribution in [0.5, 0.6) is 0 Å². The van der Waals surface area contributed by atoms with Crippen LogP contribution in [0, 0.1) is 5.92 Å². The highest BCUT2D eigenvalue weighted by molar-refractivity contribution is 5.74. The molecule has 0 bridgehead atoms. The molecule has 2 N–H and O–H groups in total. The quantitative estimate of drug-likeness (QED) is 0.785. The number of carbonyl (C=O) groups is 1. The molecule has 1 heterocycles. The number of urea groups is 1. The van der Waals surface area contributed by atoms with Gasteiger partial charge in [0.25, 0.3) is 0 Å². The van der Waals surface area contributed by atoms with E-state index in [1.54, 1.807) is 11.9 Å². The molecule has 1 saturated heterocycles. The Bertz CT molecular complexity index is 372. The standard InChI is InChI=1S/C17H34N4O2/c1-14-6-4-5-7-16(14)18-17(23)20(3)12-15(22)13-21-10-8-19(2)9-11-21/h14-16,22H,4-13H2,1-3H3,(H,18,23).